The number of urea groups is 1. The lowest BCUT2D eigenvalue weighted by molar-refractivity contribution is 0.160. The Bertz CT molecular complexity index is 919. The quantitative estimate of drug-likeness (QED) is 0.819. The third kappa shape index (κ3) is 3.98. The van der Waals surface area contributed by atoms with E-state index in [0.29, 0.717) is 11.6 Å². The fraction of sp³-hybridized carbons (Fsp3) is 0.522. The van der Waals surface area contributed by atoms with E-state index in [2.05, 4.69) is 25.3 Å². The molecule has 1 aromatic carbocycles. The van der Waals surface area contributed by atoms with Crippen LogP contribution < -0.4 is 10.2 Å². The van der Waals surface area contributed by atoms with Crippen LogP contribution in [0.25, 0.3) is 0 Å². The molecule has 2 aliphatic carbocycles. The molecule has 1 saturated heterocycles. The molecule has 2 amide bonds. The van der Waals surface area contributed by atoms with Crippen molar-refractivity contribution >= 4 is 11.8 Å². The third-order valence-electron chi connectivity index (χ3n) is 6.56. The van der Waals surface area contributed by atoms with Crippen LogP contribution in [0.4, 0.5) is 15.0 Å². The fourth-order valence-electron chi connectivity index (χ4n) is 4.69. The maximum absolute atomic E-state index is 13.6. The second-order valence-corrected chi connectivity index (χ2v) is 8.87. The molecular weight excluding hydrogens is 381 g/mol. The van der Waals surface area contributed by atoms with Crippen molar-refractivity contribution in [1.29, 1.82) is 0 Å². The predicted octanol–water partition coefficient (Wildman–Crippen LogP) is 3.62. The molecule has 0 unspecified atom stereocenters. The van der Waals surface area contributed by atoms with Gasteiger partial charge in [0.05, 0.1) is 6.04 Å². The Morgan fingerprint density at radius 3 is 2.83 bits per heavy atom. The topological polar surface area (TPSA) is 61.4 Å². The highest BCUT2D eigenvalue weighted by molar-refractivity contribution is 5.76. The number of benzene rings is 1. The van der Waals surface area contributed by atoms with E-state index in [0.717, 1.165) is 56.6 Å². The van der Waals surface area contributed by atoms with Gasteiger partial charge in [0, 0.05) is 37.3 Å². The first-order chi connectivity index (χ1) is 14.6. The van der Waals surface area contributed by atoms with E-state index < -0.39 is 0 Å². The molecule has 3 aliphatic rings. The Morgan fingerprint density at radius 2 is 2.10 bits per heavy atom. The Kier molecular flexibility index (Phi) is 5.05. The summed E-state index contributed by atoms with van der Waals surface area (Å²) in [5.74, 6) is 0.994. The zero-order valence-electron chi connectivity index (χ0n) is 17.3. The molecule has 0 radical (unpaired) electrons. The van der Waals surface area contributed by atoms with Gasteiger partial charge in [-0.05, 0) is 68.4 Å². The molecule has 3 fully saturated rings. The molecule has 30 heavy (non-hydrogen) atoms. The number of rotatable bonds is 5. The van der Waals surface area contributed by atoms with E-state index in [1.807, 2.05) is 24.3 Å². The highest BCUT2D eigenvalue weighted by Gasteiger charge is 2.44. The van der Waals surface area contributed by atoms with Crippen LogP contribution in [0.15, 0.2) is 36.5 Å². The number of aryl methyl sites for hydroxylation is 1. The van der Waals surface area contributed by atoms with Gasteiger partial charge in [-0.1, -0.05) is 12.1 Å². The number of hydrogen-bond donors (Lipinski definition) is 1. The largest absolute Gasteiger partial charge is 0.353 e. The summed E-state index contributed by atoms with van der Waals surface area (Å²) in [4.78, 5) is 17.6. The summed E-state index contributed by atoms with van der Waals surface area (Å²) in [7, 11) is 0. The number of nitrogens with one attached hydrogen (secondary N) is 1. The van der Waals surface area contributed by atoms with Gasteiger partial charge in [-0.2, -0.15) is 5.10 Å². The van der Waals surface area contributed by atoms with Crippen LogP contribution in [0.1, 0.15) is 49.1 Å². The zero-order valence-corrected chi connectivity index (χ0v) is 17.3. The van der Waals surface area contributed by atoms with Crippen molar-refractivity contribution in [1.82, 2.24) is 20.4 Å². The van der Waals surface area contributed by atoms with E-state index >= 15 is 0 Å². The van der Waals surface area contributed by atoms with Crippen molar-refractivity contribution in [3.63, 3.8) is 0 Å². The van der Waals surface area contributed by atoms with E-state index in [-0.39, 0.29) is 29.8 Å². The molecular formula is C23H28FN5O. The maximum Gasteiger partial charge on any atom is 0.318 e. The number of hydrogen-bond acceptors (Lipinski definition) is 4. The maximum atomic E-state index is 13.6. The van der Waals surface area contributed by atoms with Crippen LogP contribution in [-0.4, -0.2) is 52.3 Å². The summed E-state index contributed by atoms with van der Waals surface area (Å²) < 4.78 is 13.6. The van der Waals surface area contributed by atoms with Gasteiger partial charge in [0.2, 0.25) is 0 Å². The van der Waals surface area contributed by atoms with Gasteiger partial charge in [-0.25, -0.2) is 9.18 Å². The Labute approximate surface area is 176 Å². The lowest BCUT2D eigenvalue weighted by Crippen LogP contribution is -2.54. The van der Waals surface area contributed by atoms with Crippen molar-refractivity contribution in [2.45, 2.75) is 63.1 Å². The lowest BCUT2D eigenvalue weighted by Gasteiger charge is -2.40. The Morgan fingerprint density at radius 1 is 1.23 bits per heavy atom. The molecule has 1 aromatic heterocycles. The number of aromatic nitrogens is 2. The second-order valence-electron chi connectivity index (χ2n) is 8.87. The number of amides is 2. The Hall–Kier alpha value is -2.70. The van der Waals surface area contributed by atoms with Crippen molar-refractivity contribution in [2.75, 3.05) is 18.0 Å². The molecule has 7 heteroatoms. The van der Waals surface area contributed by atoms with E-state index in [1.165, 1.54) is 6.07 Å². The van der Waals surface area contributed by atoms with Gasteiger partial charge < -0.3 is 15.1 Å². The lowest BCUT2D eigenvalue weighted by atomic mass is 10.0. The first kappa shape index (κ1) is 19.3. The van der Waals surface area contributed by atoms with Crippen LogP contribution in [0.2, 0.25) is 0 Å². The van der Waals surface area contributed by atoms with Gasteiger partial charge in [-0.3, -0.25) is 0 Å². The Balaban J connectivity index is 1.24. The molecule has 2 aromatic rings. The first-order valence-corrected chi connectivity index (χ1v) is 11.0. The second kappa shape index (κ2) is 7.85. The minimum atomic E-state index is -0.176. The SMILES string of the molecule is Cc1cc([C@H]2C[C@@H]2NC(=O)N(C2CC2)[C@@H]2CCCN(c3cccnn3)C2)ccc1F. The summed E-state index contributed by atoms with van der Waals surface area (Å²) in [6.07, 6.45) is 6.83. The molecule has 6 nitrogen and oxygen atoms in total. The summed E-state index contributed by atoms with van der Waals surface area (Å²) in [6.45, 7) is 3.54. The van der Waals surface area contributed by atoms with E-state index in [1.54, 1.807) is 13.1 Å². The van der Waals surface area contributed by atoms with Gasteiger partial charge in [0.15, 0.2) is 5.82 Å². The minimum absolute atomic E-state index is 0.0508. The highest BCUT2D eigenvalue weighted by atomic mass is 19.1. The molecule has 0 spiro atoms. The van der Waals surface area contributed by atoms with Crippen molar-refractivity contribution in [2.24, 2.45) is 0 Å². The predicted molar refractivity (Wildman–Crippen MR) is 113 cm³/mol. The fourth-order valence-corrected chi connectivity index (χ4v) is 4.69. The van der Waals surface area contributed by atoms with Gasteiger partial charge in [0.25, 0.3) is 0 Å². The number of halogens is 1. The normalized spacial score (nSPS) is 25.7. The molecule has 1 N–H and O–H groups in total. The highest BCUT2D eigenvalue weighted by Crippen LogP contribution is 2.42. The summed E-state index contributed by atoms with van der Waals surface area (Å²) in [6, 6.07) is 9.90. The van der Waals surface area contributed by atoms with E-state index in [4.69, 9.17) is 0 Å². The molecule has 5 rings (SSSR count). The standard InChI is InChI=1S/C23H28FN5O/c1-15-12-16(6-9-20(15)24)19-13-21(19)26-23(30)29(17-7-8-17)18-4-3-11-28(14-18)22-5-2-10-25-27-22/h2,5-6,9-10,12,17-19,21H,3-4,7-8,11,13-14H2,1H3,(H,26,30)/t18-,19-,21+/m1/s1. The minimum Gasteiger partial charge on any atom is -0.353 e. The number of nitrogens with zero attached hydrogens (tertiary/aromatic N) is 4. The van der Waals surface area contributed by atoms with Crippen molar-refractivity contribution in [3.05, 3.63) is 53.5 Å². The number of piperidine rings is 1. The summed E-state index contributed by atoms with van der Waals surface area (Å²) in [5.41, 5.74) is 1.78. The van der Waals surface area contributed by atoms with Gasteiger partial charge in [0.1, 0.15) is 5.82 Å². The number of anilines is 1. The number of carbonyl (C=O) groups is 1. The van der Waals surface area contributed by atoms with E-state index in [9.17, 15) is 9.18 Å². The average molecular weight is 410 g/mol. The smallest absolute Gasteiger partial charge is 0.318 e. The van der Waals surface area contributed by atoms with Crippen molar-refractivity contribution in [3.8, 4) is 0 Å². The molecule has 2 heterocycles. The number of carbonyl (C=O) groups excluding carboxylic acids is 1. The molecule has 158 valence electrons. The van der Waals surface area contributed by atoms with Gasteiger partial charge >= 0.3 is 6.03 Å². The molecule has 2 saturated carbocycles. The van der Waals surface area contributed by atoms with Crippen LogP contribution in [0.3, 0.4) is 0 Å². The van der Waals surface area contributed by atoms with Crippen LogP contribution in [0.5, 0.6) is 0 Å². The third-order valence-corrected chi connectivity index (χ3v) is 6.56. The van der Waals surface area contributed by atoms with Crippen molar-refractivity contribution < 1.29 is 9.18 Å². The monoisotopic (exact) mass is 409 g/mol. The molecule has 3 atom stereocenters. The van der Waals surface area contributed by atoms with Crippen LogP contribution >= 0.6 is 0 Å². The van der Waals surface area contributed by atoms with Crippen LogP contribution in [-0.2, 0) is 0 Å². The first-order valence-electron chi connectivity index (χ1n) is 11.0. The summed E-state index contributed by atoms with van der Waals surface area (Å²) in [5, 5.41) is 11.5. The summed E-state index contributed by atoms with van der Waals surface area (Å²) >= 11 is 0. The van der Waals surface area contributed by atoms with Crippen LogP contribution in [0, 0.1) is 12.7 Å². The zero-order chi connectivity index (χ0) is 20.7. The van der Waals surface area contributed by atoms with Gasteiger partial charge in [-0.15, -0.1) is 5.10 Å². The molecule has 1 aliphatic heterocycles. The average Bonchev–Trinajstić information content (AvgIpc) is 3.68. The molecule has 0 bridgehead atoms.